The maximum Gasteiger partial charge on any atom is 0.416 e. The monoisotopic (exact) mass is 338 g/mol. The van der Waals surface area contributed by atoms with Crippen molar-refractivity contribution >= 4 is 5.91 Å². The number of nitrogens with two attached hydrogens (primary N) is 1. The molecule has 3 rings (SSSR count). The highest BCUT2D eigenvalue weighted by Crippen LogP contribution is 2.30. The van der Waals surface area contributed by atoms with Crippen LogP contribution in [0, 0.1) is 6.92 Å². The Kier molecular flexibility index (Phi) is 4.08. The fourth-order valence-corrected chi connectivity index (χ4v) is 2.84. The second-order valence-corrected chi connectivity index (χ2v) is 5.90. The summed E-state index contributed by atoms with van der Waals surface area (Å²) in [4.78, 5) is 14.2. The van der Waals surface area contributed by atoms with E-state index in [-0.39, 0.29) is 17.6 Å². The lowest BCUT2D eigenvalue weighted by atomic mass is 10.2. The third kappa shape index (κ3) is 3.01. The molecule has 0 saturated carbocycles. The van der Waals surface area contributed by atoms with E-state index in [2.05, 4.69) is 5.10 Å². The summed E-state index contributed by atoms with van der Waals surface area (Å²) in [6.07, 6.45) is -2.30. The molecule has 1 fully saturated rings. The summed E-state index contributed by atoms with van der Waals surface area (Å²) in [5.74, 6) is -0.196. The second kappa shape index (κ2) is 5.94. The lowest BCUT2D eigenvalue weighted by molar-refractivity contribution is -0.137. The third-order valence-electron chi connectivity index (χ3n) is 4.17. The average Bonchev–Trinajstić information content (AvgIpc) is 3.12. The molecule has 5 nitrogen and oxygen atoms in total. The van der Waals surface area contributed by atoms with Gasteiger partial charge in [0.2, 0.25) is 0 Å². The molecule has 128 valence electrons. The summed E-state index contributed by atoms with van der Waals surface area (Å²) in [7, 11) is 0. The Morgan fingerprint density at radius 1 is 1.38 bits per heavy atom. The van der Waals surface area contributed by atoms with Crippen LogP contribution in [0.25, 0.3) is 5.69 Å². The van der Waals surface area contributed by atoms with Crippen LogP contribution < -0.4 is 5.73 Å². The smallest absolute Gasteiger partial charge is 0.337 e. The lowest BCUT2D eigenvalue weighted by Gasteiger charge is -2.15. The van der Waals surface area contributed by atoms with Crippen LogP contribution >= 0.6 is 0 Å². The Balaban J connectivity index is 1.92. The molecule has 1 aromatic heterocycles. The van der Waals surface area contributed by atoms with Crippen molar-refractivity contribution in [2.24, 2.45) is 5.73 Å². The van der Waals surface area contributed by atoms with Crippen LogP contribution in [0.4, 0.5) is 13.2 Å². The zero-order chi connectivity index (χ0) is 17.5. The van der Waals surface area contributed by atoms with Crippen molar-refractivity contribution in [3.63, 3.8) is 0 Å². The number of rotatable bonds is 2. The largest absolute Gasteiger partial charge is 0.416 e. The first kappa shape index (κ1) is 16.5. The zero-order valence-corrected chi connectivity index (χ0v) is 13.0. The van der Waals surface area contributed by atoms with E-state index >= 15 is 0 Å². The zero-order valence-electron chi connectivity index (χ0n) is 13.0. The van der Waals surface area contributed by atoms with Crippen LogP contribution in [-0.4, -0.2) is 39.7 Å². The summed E-state index contributed by atoms with van der Waals surface area (Å²) in [5.41, 5.74) is 6.19. The van der Waals surface area contributed by atoms with Gasteiger partial charge < -0.3 is 10.6 Å². The number of carbonyl (C=O) groups excluding carboxylic acids is 1. The molecule has 1 saturated heterocycles. The Bertz CT molecular complexity index is 769. The van der Waals surface area contributed by atoms with Crippen molar-refractivity contribution < 1.29 is 18.0 Å². The first-order chi connectivity index (χ1) is 11.3. The second-order valence-electron chi connectivity index (χ2n) is 5.90. The number of halogens is 3. The van der Waals surface area contributed by atoms with E-state index in [0.29, 0.717) is 24.3 Å². The standard InChI is InChI=1S/C16H17F3N4O/c1-10-14(15(24)22-6-5-12(20)9-22)8-21-23(10)13-4-2-3-11(7-13)16(17,18)19/h2-4,7-8,12H,5-6,9,20H2,1H3/t12-/m0/s1. The molecule has 1 aromatic carbocycles. The van der Waals surface area contributed by atoms with Crippen LogP contribution in [0.5, 0.6) is 0 Å². The molecular weight excluding hydrogens is 321 g/mol. The molecule has 8 heteroatoms. The molecular formula is C16H17F3N4O. The highest BCUT2D eigenvalue weighted by atomic mass is 19.4. The predicted molar refractivity (Wildman–Crippen MR) is 81.8 cm³/mol. The van der Waals surface area contributed by atoms with Gasteiger partial charge in [-0.25, -0.2) is 4.68 Å². The number of aromatic nitrogens is 2. The van der Waals surface area contributed by atoms with E-state index in [1.807, 2.05) is 0 Å². The molecule has 0 aliphatic carbocycles. The SMILES string of the molecule is Cc1c(C(=O)N2CC[C@H](N)C2)cnn1-c1cccc(C(F)(F)F)c1. The summed E-state index contributed by atoms with van der Waals surface area (Å²) in [5, 5.41) is 4.09. The number of benzene rings is 1. The van der Waals surface area contributed by atoms with Crippen LogP contribution in [-0.2, 0) is 6.18 Å². The molecule has 1 aliphatic rings. The van der Waals surface area contributed by atoms with E-state index < -0.39 is 11.7 Å². The fraction of sp³-hybridized carbons (Fsp3) is 0.375. The number of amides is 1. The van der Waals surface area contributed by atoms with Gasteiger partial charge in [-0.15, -0.1) is 0 Å². The molecule has 0 bridgehead atoms. The van der Waals surface area contributed by atoms with Gasteiger partial charge >= 0.3 is 6.18 Å². The molecule has 1 aliphatic heterocycles. The number of hydrogen-bond donors (Lipinski definition) is 1. The van der Waals surface area contributed by atoms with Gasteiger partial charge in [0.15, 0.2) is 0 Å². The Labute approximate surface area is 136 Å². The van der Waals surface area contributed by atoms with Crippen molar-refractivity contribution in [1.29, 1.82) is 0 Å². The maximum absolute atomic E-state index is 12.9. The van der Waals surface area contributed by atoms with E-state index in [9.17, 15) is 18.0 Å². The van der Waals surface area contributed by atoms with Gasteiger partial charge in [-0.05, 0) is 31.5 Å². The molecule has 0 unspecified atom stereocenters. The number of likely N-dealkylation sites (tertiary alicyclic amines) is 1. The minimum absolute atomic E-state index is 0.0345. The van der Waals surface area contributed by atoms with Crippen LogP contribution in [0.3, 0.4) is 0 Å². The van der Waals surface area contributed by atoms with Gasteiger partial charge in [0.1, 0.15) is 0 Å². The lowest BCUT2D eigenvalue weighted by Crippen LogP contribution is -2.32. The minimum Gasteiger partial charge on any atom is -0.337 e. The van der Waals surface area contributed by atoms with Crippen LogP contribution in [0.1, 0.15) is 28.0 Å². The topological polar surface area (TPSA) is 64.2 Å². The number of hydrogen-bond acceptors (Lipinski definition) is 3. The van der Waals surface area contributed by atoms with Crippen molar-refractivity contribution in [2.75, 3.05) is 13.1 Å². The van der Waals surface area contributed by atoms with Crippen LogP contribution in [0.2, 0.25) is 0 Å². The van der Waals surface area contributed by atoms with Crippen molar-refractivity contribution in [1.82, 2.24) is 14.7 Å². The number of carbonyl (C=O) groups is 1. The quantitative estimate of drug-likeness (QED) is 0.914. The van der Waals surface area contributed by atoms with Gasteiger partial charge in [-0.1, -0.05) is 6.07 Å². The number of alkyl halides is 3. The predicted octanol–water partition coefficient (Wildman–Crippen LogP) is 2.37. The summed E-state index contributed by atoms with van der Waals surface area (Å²) in [6, 6.07) is 4.82. The minimum atomic E-state index is -4.43. The van der Waals surface area contributed by atoms with E-state index in [4.69, 9.17) is 5.73 Å². The van der Waals surface area contributed by atoms with Crippen LogP contribution in [0.15, 0.2) is 30.5 Å². The molecule has 0 spiro atoms. The summed E-state index contributed by atoms with van der Waals surface area (Å²) >= 11 is 0. The Morgan fingerprint density at radius 2 is 2.12 bits per heavy atom. The fourth-order valence-electron chi connectivity index (χ4n) is 2.84. The average molecular weight is 338 g/mol. The van der Waals surface area contributed by atoms with E-state index in [0.717, 1.165) is 18.6 Å². The van der Waals surface area contributed by atoms with Gasteiger partial charge in [-0.2, -0.15) is 18.3 Å². The van der Waals surface area contributed by atoms with Crippen molar-refractivity contribution in [3.8, 4) is 5.69 Å². The number of nitrogens with zero attached hydrogens (tertiary/aromatic N) is 3. The molecule has 2 N–H and O–H groups in total. The van der Waals surface area contributed by atoms with Gasteiger partial charge in [0.05, 0.1) is 28.7 Å². The highest BCUT2D eigenvalue weighted by Gasteiger charge is 2.31. The molecule has 2 aromatic rings. The molecule has 1 atom stereocenters. The molecule has 2 heterocycles. The third-order valence-corrected chi connectivity index (χ3v) is 4.17. The Hall–Kier alpha value is -2.35. The summed E-state index contributed by atoms with van der Waals surface area (Å²) < 4.78 is 39.9. The first-order valence-electron chi connectivity index (χ1n) is 7.54. The first-order valence-corrected chi connectivity index (χ1v) is 7.54. The van der Waals surface area contributed by atoms with E-state index in [1.165, 1.54) is 23.0 Å². The van der Waals surface area contributed by atoms with Gasteiger partial charge in [-0.3, -0.25) is 4.79 Å². The summed E-state index contributed by atoms with van der Waals surface area (Å²) in [6.45, 7) is 2.72. The van der Waals surface area contributed by atoms with E-state index in [1.54, 1.807) is 11.8 Å². The van der Waals surface area contributed by atoms with Crippen molar-refractivity contribution in [2.45, 2.75) is 25.6 Å². The van der Waals surface area contributed by atoms with Crippen molar-refractivity contribution in [3.05, 3.63) is 47.3 Å². The normalized spacial score (nSPS) is 18.2. The Morgan fingerprint density at radius 3 is 2.75 bits per heavy atom. The highest BCUT2D eigenvalue weighted by molar-refractivity contribution is 5.95. The molecule has 1 amide bonds. The maximum atomic E-state index is 12.9. The molecule has 0 radical (unpaired) electrons. The molecule has 24 heavy (non-hydrogen) atoms. The van der Waals surface area contributed by atoms with Gasteiger partial charge in [0.25, 0.3) is 5.91 Å². The van der Waals surface area contributed by atoms with Gasteiger partial charge in [0, 0.05) is 19.1 Å².